The molecule has 0 radical (unpaired) electrons. The number of aliphatic hydroxyl groups excluding tert-OH is 1. The summed E-state index contributed by atoms with van der Waals surface area (Å²) in [5, 5.41) is 10.6. The Morgan fingerprint density at radius 1 is 1.09 bits per heavy atom. The summed E-state index contributed by atoms with van der Waals surface area (Å²) in [6.07, 6.45) is 14.0. The lowest BCUT2D eigenvalue weighted by molar-refractivity contribution is -0.127. The zero-order chi connectivity index (χ0) is 15.8. The molecule has 1 spiro atoms. The first-order chi connectivity index (χ1) is 11.0. The third-order valence-corrected chi connectivity index (χ3v) is 8.99. The van der Waals surface area contributed by atoms with Gasteiger partial charge in [-0.1, -0.05) is 18.9 Å². The van der Waals surface area contributed by atoms with Crippen molar-refractivity contribution in [3.63, 3.8) is 0 Å². The highest BCUT2D eigenvalue weighted by Gasteiger charge is 2.61. The normalized spacial score (nSPS) is 54.8. The summed E-state index contributed by atoms with van der Waals surface area (Å²) in [6.45, 7) is 2.36. The van der Waals surface area contributed by atoms with Gasteiger partial charge in [0.2, 0.25) is 0 Å². The largest absolute Gasteiger partial charge is 0.393 e. The van der Waals surface area contributed by atoms with Crippen LogP contribution in [0.15, 0.2) is 11.6 Å². The molecule has 0 amide bonds. The van der Waals surface area contributed by atoms with E-state index in [1.165, 1.54) is 44.1 Å². The third-order valence-electron chi connectivity index (χ3n) is 8.99. The number of hydrogen-bond acceptors (Lipinski definition) is 2. The predicted molar refractivity (Wildman–Crippen MR) is 89.8 cm³/mol. The van der Waals surface area contributed by atoms with Gasteiger partial charge in [0.05, 0.1) is 6.10 Å². The Bertz CT molecular complexity index is 578. The second kappa shape index (κ2) is 4.71. The van der Waals surface area contributed by atoms with Gasteiger partial charge in [-0.15, -0.1) is 0 Å². The molecular weight excluding hydrogens is 284 g/mol. The fourth-order valence-corrected chi connectivity index (χ4v) is 7.84. The van der Waals surface area contributed by atoms with Crippen molar-refractivity contribution in [2.75, 3.05) is 0 Å². The Balaban J connectivity index is 1.55. The van der Waals surface area contributed by atoms with Crippen molar-refractivity contribution < 1.29 is 9.90 Å². The van der Waals surface area contributed by atoms with E-state index in [1.54, 1.807) is 0 Å². The van der Waals surface area contributed by atoms with E-state index in [9.17, 15) is 9.90 Å². The van der Waals surface area contributed by atoms with E-state index in [1.807, 2.05) is 0 Å². The first kappa shape index (κ1) is 14.7. The average molecular weight is 314 g/mol. The van der Waals surface area contributed by atoms with Crippen LogP contribution in [0.25, 0.3) is 0 Å². The molecule has 0 aromatic heterocycles. The van der Waals surface area contributed by atoms with Crippen LogP contribution in [0.3, 0.4) is 0 Å². The van der Waals surface area contributed by atoms with Crippen LogP contribution in [0.5, 0.6) is 0 Å². The topological polar surface area (TPSA) is 37.3 Å². The van der Waals surface area contributed by atoms with Crippen LogP contribution in [-0.4, -0.2) is 17.0 Å². The molecule has 0 aromatic rings. The maximum Gasteiger partial charge on any atom is 0.158 e. The van der Waals surface area contributed by atoms with Gasteiger partial charge >= 0.3 is 0 Å². The van der Waals surface area contributed by atoms with Crippen molar-refractivity contribution in [3.05, 3.63) is 11.6 Å². The molecule has 5 aliphatic rings. The van der Waals surface area contributed by atoms with Gasteiger partial charge in [0.25, 0.3) is 0 Å². The summed E-state index contributed by atoms with van der Waals surface area (Å²) in [4.78, 5) is 12.4. The first-order valence-corrected chi connectivity index (χ1v) is 9.97. The lowest BCUT2D eigenvalue weighted by atomic mass is 9.44. The second-order valence-corrected chi connectivity index (χ2v) is 9.57. The SMILES string of the molecule is C[C@]12CC[C@H]3[C@@H](CCC4=CC(=O)C5CCC[C@]43C5)[C@@H]1CC[C@@H]2O. The third kappa shape index (κ3) is 1.77. The fourth-order valence-electron chi connectivity index (χ4n) is 7.84. The maximum absolute atomic E-state index is 12.4. The summed E-state index contributed by atoms with van der Waals surface area (Å²) in [5.74, 6) is 3.08. The fraction of sp³-hybridized carbons (Fsp3) is 0.857. The molecule has 4 saturated carbocycles. The molecule has 23 heavy (non-hydrogen) atoms. The number of ketones is 1. The molecule has 7 atom stereocenters. The zero-order valence-electron chi connectivity index (χ0n) is 14.4. The number of allylic oxidation sites excluding steroid dienone is 1. The van der Waals surface area contributed by atoms with Gasteiger partial charge in [-0.2, -0.15) is 0 Å². The number of hydrogen-bond donors (Lipinski definition) is 1. The van der Waals surface area contributed by atoms with Crippen LogP contribution in [0.1, 0.15) is 71.1 Å². The molecule has 5 aliphatic carbocycles. The highest BCUT2D eigenvalue weighted by Crippen LogP contribution is 2.67. The number of carbonyl (C=O) groups excluding carboxylic acids is 1. The quantitative estimate of drug-likeness (QED) is 0.725. The van der Waals surface area contributed by atoms with Gasteiger partial charge in [0.1, 0.15) is 0 Å². The summed E-state index contributed by atoms with van der Waals surface area (Å²) < 4.78 is 0. The van der Waals surface area contributed by atoms with E-state index in [2.05, 4.69) is 13.0 Å². The minimum atomic E-state index is -0.0741. The first-order valence-electron chi connectivity index (χ1n) is 9.97. The van der Waals surface area contributed by atoms with Gasteiger partial charge in [0, 0.05) is 5.92 Å². The molecular formula is C21H30O2. The van der Waals surface area contributed by atoms with Crippen molar-refractivity contribution in [2.45, 2.75) is 77.2 Å². The monoisotopic (exact) mass is 314 g/mol. The van der Waals surface area contributed by atoms with Crippen molar-refractivity contribution in [3.8, 4) is 0 Å². The smallest absolute Gasteiger partial charge is 0.158 e. The highest BCUT2D eigenvalue weighted by molar-refractivity contribution is 5.94. The maximum atomic E-state index is 12.4. The van der Waals surface area contributed by atoms with Crippen LogP contribution < -0.4 is 0 Å². The minimum Gasteiger partial charge on any atom is -0.393 e. The Labute approximate surface area is 139 Å². The minimum absolute atomic E-state index is 0.0741. The summed E-state index contributed by atoms with van der Waals surface area (Å²) >= 11 is 0. The molecule has 0 heterocycles. The average Bonchev–Trinajstić information content (AvgIpc) is 2.85. The number of fused-ring (bicyclic) bond motifs is 4. The molecule has 5 rings (SSSR count). The molecule has 4 fully saturated rings. The number of carbonyl (C=O) groups is 1. The van der Waals surface area contributed by atoms with E-state index in [4.69, 9.17) is 0 Å². The highest BCUT2D eigenvalue weighted by atomic mass is 16.3. The zero-order valence-corrected chi connectivity index (χ0v) is 14.4. The predicted octanol–water partition coefficient (Wildman–Crippen LogP) is 4.27. The van der Waals surface area contributed by atoms with Gasteiger partial charge in [0.15, 0.2) is 5.78 Å². The standard InChI is InChI=1S/C21H30O2/c1-20-10-8-17-15(16(20)6-7-19(20)23)5-4-14-11-18(22)13-3-2-9-21(14,17)12-13/h11,13,15-17,19,23H,2-10,12H2,1H3/t13?,15-,16-,17-,19-,20-,21-/m0/s1. The van der Waals surface area contributed by atoms with Crippen LogP contribution in [-0.2, 0) is 4.79 Å². The summed E-state index contributed by atoms with van der Waals surface area (Å²) in [7, 11) is 0. The number of rotatable bonds is 0. The Kier molecular flexibility index (Phi) is 3.01. The molecule has 126 valence electrons. The molecule has 2 heteroatoms. The van der Waals surface area contributed by atoms with E-state index >= 15 is 0 Å². The molecule has 0 saturated heterocycles. The van der Waals surface area contributed by atoms with Gasteiger partial charge in [-0.25, -0.2) is 0 Å². The van der Waals surface area contributed by atoms with Crippen LogP contribution in [0, 0.1) is 34.5 Å². The van der Waals surface area contributed by atoms with Gasteiger partial charge < -0.3 is 5.11 Å². The molecule has 2 nitrogen and oxygen atoms in total. The van der Waals surface area contributed by atoms with E-state index in [0.29, 0.717) is 17.1 Å². The number of aliphatic hydroxyl groups is 1. The lowest BCUT2D eigenvalue weighted by Gasteiger charge is -2.60. The second-order valence-electron chi connectivity index (χ2n) is 9.57. The lowest BCUT2D eigenvalue weighted by Crippen LogP contribution is -2.54. The van der Waals surface area contributed by atoms with E-state index in [-0.39, 0.29) is 11.5 Å². The van der Waals surface area contributed by atoms with Gasteiger partial charge in [-0.05, 0) is 92.4 Å². The Morgan fingerprint density at radius 3 is 2.83 bits per heavy atom. The van der Waals surface area contributed by atoms with E-state index in [0.717, 1.165) is 43.4 Å². The molecule has 0 aromatic carbocycles. The molecule has 1 N–H and O–H groups in total. The molecule has 1 unspecified atom stereocenters. The van der Waals surface area contributed by atoms with Crippen LogP contribution in [0.4, 0.5) is 0 Å². The van der Waals surface area contributed by atoms with Crippen LogP contribution >= 0.6 is 0 Å². The van der Waals surface area contributed by atoms with Gasteiger partial charge in [-0.3, -0.25) is 4.79 Å². The Hall–Kier alpha value is -0.630. The molecule has 2 bridgehead atoms. The molecule has 0 aliphatic heterocycles. The van der Waals surface area contributed by atoms with Crippen molar-refractivity contribution >= 4 is 5.78 Å². The van der Waals surface area contributed by atoms with Crippen LogP contribution in [0.2, 0.25) is 0 Å². The Morgan fingerprint density at radius 2 is 1.96 bits per heavy atom. The summed E-state index contributed by atoms with van der Waals surface area (Å²) in [5.41, 5.74) is 2.08. The summed E-state index contributed by atoms with van der Waals surface area (Å²) in [6, 6.07) is 0. The van der Waals surface area contributed by atoms with Crippen molar-refractivity contribution in [2.24, 2.45) is 34.5 Å². The van der Waals surface area contributed by atoms with Crippen molar-refractivity contribution in [1.29, 1.82) is 0 Å². The van der Waals surface area contributed by atoms with E-state index < -0.39 is 0 Å². The van der Waals surface area contributed by atoms with Crippen molar-refractivity contribution in [1.82, 2.24) is 0 Å².